The first kappa shape index (κ1) is 10.9. The van der Waals surface area contributed by atoms with Crippen LogP contribution in [0.3, 0.4) is 0 Å². The van der Waals surface area contributed by atoms with E-state index in [2.05, 4.69) is 0 Å². The number of rotatable bonds is 1. The van der Waals surface area contributed by atoms with Crippen LogP contribution >= 0.6 is 0 Å². The van der Waals surface area contributed by atoms with Gasteiger partial charge in [0.25, 0.3) is 11.8 Å². The molecule has 1 aliphatic rings. The maximum Gasteiger partial charge on any atom is 0.285 e. The molecule has 2 aromatic carbocycles. The fraction of sp³-hybridized carbons (Fsp3) is 0.0769. The van der Waals surface area contributed by atoms with Crippen LogP contribution in [-0.2, 0) is 4.84 Å². The molecule has 0 saturated carbocycles. The van der Waals surface area contributed by atoms with Crippen LogP contribution in [0.4, 0.5) is 4.39 Å². The zero-order valence-electron chi connectivity index (χ0n) is 9.44. The molecule has 0 bridgehead atoms. The predicted octanol–water partition coefficient (Wildman–Crippen LogP) is 2.14. The van der Waals surface area contributed by atoms with Crippen molar-refractivity contribution in [1.82, 2.24) is 5.06 Å². The van der Waals surface area contributed by atoms with Crippen molar-refractivity contribution in [3.63, 3.8) is 0 Å². The number of nitrogens with zero attached hydrogens (tertiary/aromatic N) is 1. The highest BCUT2D eigenvalue weighted by atomic mass is 19.1. The molecule has 3 rings (SSSR count). The predicted molar refractivity (Wildman–Crippen MR) is 61.4 cm³/mol. The van der Waals surface area contributed by atoms with Crippen LogP contribution in [-0.4, -0.2) is 24.0 Å². The first-order valence-corrected chi connectivity index (χ1v) is 5.28. The first-order valence-electron chi connectivity index (χ1n) is 5.28. The SMILES string of the molecule is CON1C(=O)c2cccc3cc(F)cc(c23)C1=O. The Balaban J connectivity index is 2.45. The monoisotopic (exact) mass is 245 g/mol. The normalized spacial score (nSPS) is 14.4. The lowest BCUT2D eigenvalue weighted by Gasteiger charge is -2.24. The lowest BCUT2D eigenvalue weighted by atomic mass is 9.95. The summed E-state index contributed by atoms with van der Waals surface area (Å²) >= 11 is 0. The van der Waals surface area contributed by atoms with Gasteiger partial charge >= 0.3 is 0 Å². The van der Waals surface area contributed by atoms with Gasteiger partial charge in [-0.1, -0.05) is 12.1 Å². The van der Waals surface area contributed by atoms with Gasteiger partial charge in [0.1, 0.15) is 5.82 Å². The summed E-state index contributed by atoms with van der Waals surface area (Å²) in [6.07, 6.45) is 0. The summed E-state index contributed by atoms with van der Waals surface area (Å²) in [7, 11) is 1.22. The standard InChI is InChI=1S/C13H8FNO3/c1-18-15-12(16)9-4-2-3-7-5-8(14)6-10(11(7)9)13(15)17/h2-6H,1H3. The van der Waals surface area contributed by atoms with Gasteiger partial charge < -0.3 is 0 Å². The van der Waals surface area contributed by atoms with Gasteiger partial charge in [0.2, 0.25) is 0 Å². The Labute approximate surface area is 102 Å². The van der Waals surface area contributed by atoms with Crippen LogP contribution in [0.25, 0.3) is 10.8 Å². The van der Waals surface area contributed by atoms with E-state index in [0.29, 0.717) is 21.4 Å². The third-order valence-corrected chi connectivity index (χ3v) is 2.95. The summed E-state index contributed by atoms with van der Waals surface area (Å²) in [5.74, 6) is -1.70. The molecule has 0 atom stereocenters. The number of amides is 2. The molecule has 0 spiro atoms. The highest BCUT2D eigenvalue weighted by molar-refractivity contribution is 6.24. The van der Waals surface area contributed by atoms with Gasteiger partial charge in [-0.25, -0.2) is 4.39 Å². The molecule has 0 unspecified atom stereocenters. The highest BCUT2D eigenvalue weighted by Gasteiger charge is 2.33. The molecule has 18 heavy (non-hydrogen) atoms. The summed E-state index contributed by atoms with van der Waals surface area (Å²) < 4.78 is 13.4. The van der Waals surface area contributed by atoms with E-state index in [4.69, 9.17) is 4.84 Å². The molecule has 5 heteroatoms. The fourth-order valence-electron chi connectivity index (χ4n) is 2.22. The highest BCUT2D eigenvalue weighted by Crippen LogP contribution is 2.30. The van der Waals surface area contributed by atoms with Crippen molar-refractivity contribution < 1.29 is 18.8 Å². The number of benzene rings is 2. The molecule has 1 heterocycles. The summed E-state index contributed by atoms with van der Waals surface area (Å²) in [6, 6.07) is 7.30. The molecule has 2 amide bonds. The van der Waals surface area contributed by atoms with Crippen molar-refractivity contribution in [2.45, 2.75) is 0 Å². The van der Waals surface area contributed by atoms with Crippen molar-refractivity contribution in [3.05, 3.63) is 47.3 Å². The third-order valence-electron chi connectivity index (χ3n) is 2.95. The number of imide groups is 1. The lowest BCUT2D eigenvalue weighted by molar-refractivity contribution is -0.0690. The van der Waals surface area contributed by atoms with E-state index >= 15 is 0 Å². The smallest absolute Gasteiger partial charge is 0.266 e. The van der Waals surface area contributed by atoms with Crippen molar-refractivity contribution in [3.8, 4) is 0 Å². The molecule has 90 valence electrons. The van der Waals surface area contributed by atoms with Crippen molar-refractivity contribution >= 4 is 22.6 Å². The van der Waals surface area contributed by atoms with Crippen molar-refractivity contribution in [1.29, 1.82) is 0 Å². The van der Waals surface area contributed by atoms with Crippen LogP contribution in [0, 0.1) is 5.82 Å². The molecular weight excluding hydrogens is 237 g/mol. The number of halogens is 1. The molecule has 1 aliphatic heterocycles. The zero-order valence-corrected chi connectivity index (χ0v) is 9.44. The van der Waals surface area contributed by atoms with E-state index in [1.54, 1.807) is 18.2 Å². The Hall–Kier alpha value is -2.27. The molecule has 4 nitrogen and oxygen atoms in total. The fourth-order valence-corrected chi connectivity index (χ4v) is 2.22. The van der Waals surface area contributed by atoms with Crippen molar-refractivity contribution in [2.24, 2.45) is 0 Å². The Morgan fingerprint density at radius 3 is 2.56 bits per heavy atom. The summed E-state index contributed by atoms with van der Waals surface area (Å²) in [5, 5.41) is 1.64. The summed E-state index contributed by atoms with van der Waals surface area (Å²) in [4.78, 5) is 28.8. The Morgan fingerprint density at radius 1 is 1.11 bits per heavy atom. The van der Waals surface area contributed by atoms with Gasteiger partial charge in [-0.15, -0.1) is 5.06 Å². The minimum atomic E-state index is -0.647. The average Bonchev–Trinajstić information content (AvgIpc) is 2.36. The zero-order chi connectivity index (χ0) is 12.9. The van der Waals surface area contributed by atoms with Gasteiger partial charge in [0.15, 0.2) is 0 Å². The Morgan fingerprint density at radius 2 is 1.83 bits per heavy atom. The number of carbonyl (C=O) groups excluding carboxylic acids is 2. The second-order valence-corrected chi connectivity index (χ2v) is 3.94. The van der Waals surface area contributed by atoms with E-state index < -0.39 is 17.6 Å². The number of hydrogen-bond donors (Lipinski definition) is 0. The van der Waals surface area contributed by atoms with E-state index in [1.807, 2.05) is 0 Å². The van der Waals surface area contributed by atoms with Crippen LogP contribution in [0.15, 0.2) is 30.3 Å². The van der Waals surface area contributed by atoms with E-state index in [9.17, 15) is 14.0 Å². The Kier molecular flexibility index (Phi) is 2.18. The molecule has 0 N–H and O–H groups in total. The molecule has 0 fully saturated rings. The van der Waals surface area contributed by atoms with Crippen LogP contribution in [0.5, 0.6) is 0 Å². The maximum absolute atomic E-state index is 13.4. The van der Waals surface area contributed by atoms with Crippen LogP contribution in [0.1, 0.15) is 20.7 Å². The van der Waals surface area contributed by atoms with Gasteiger partial charge in [-0.2, -0.15) is 0 Å². The largest absolute Gasteiger partial charge is 0.285 e. The lowest BCUT2D eigenvalue weighted by Crippen LogP contribution is -2.39. The number of carbonyl (C=O) groups is 2. The van der Waals surface area contributed by atoms with E-state index in [0.717, 1.165) is 6.07 Å². The van der Waals surface area contributed by atoms with Gasteiger partial charge in [-0.05, 0) is 23.6 Å². The number of hydrogen-bond acceptors (Lipinski definition) is 3. The van der Waals surface area contributed by atoms with Crippen LogP contribution < -0.4 is 0 Å². The molecule has 0 aromatic heterocycles. The summed E-state index contributed by atoms with van der Waals surface area (Å²) in [6.45, 7) is 0. The van der Waals surface area contributed by atoms with E-state index in [1.165, 1.54) is 13.2 Å². The minimum Gasteiger partial charge on any atom is -0.266 e. The van der Waals surface area contributed by atoms with E-state index in [-0.39, 0.29) is 5.56 Å². The number of hydroxylamine groups is 2. The topological polar surface area (TPSA) is 46.6 Å². The quantitative estimate of drug-likeness (QED) is 0.723. The molecule has 0 saturated heterocycles. The second-order valence-electron chi connectivity index (χ2n) is 3.94. The molecule has 0 aliphatic carbocycles. The van der Waals surface area contributed by atoms with Crippen molar-refractivity contribution in [2.75, 3.05) is 7.11 Å². The van der Waals surface area contributed by atoms with Gasteiger partial charge in [0.05, 0.1) is 18.2 Å². The molecular formula is C13H8FNO3. The third kappa shape index (κ3) is 1.28. The Bertz CT molecular complexity index is 696. The average molecular weight is 245 g/mol. The van der Waals surface area contributed by atoms with Gasteiger partial charge in [0, 0.05) is 5.39 Å². The summed E-state index contributed by atoms with van der Waals surface area (Å²) in [5.41, 5.74) is 0.478. The second kappa shape index (κ2) is 3.61. The van der Waals surface area contributed by atoms with Gasteiger partial charge in [-0.3, -0.25) is 14.4 Å². The first-order chi connectivity index (χ1) is 8.63. The minimum absolute atomic E-state index is 0.141. The molecule has 0 radical (unpaired) electrons. The maximum atomic E-state index is 13.4. The molecule has 2 aromatic rings. The van der Waals surface area contributed by atoms with Crippen LogP contribution in [0.2, 0.25) is 0 Å².